The molecule has 1 aromatic heterocycles. The van der Waals surface area contributed by atoms with Gasteiger partial charge in [0.25, 0.3) is 0 Å². The van der Waals surface area contributed by atoms with Crippen molar-refractivity contribution in [2.24, 2.45) is 0 Å². The lowest BCUT2D eigenvalue weighted by atomic mass is 9.96. The Morgan fingerprint density at radius 1 is 1.08 bits per heavy atom. The van der Waals surface area contributed by atoms with Gasteiger partial charge >= 0.3 is 17.9 Å². The van der Waals surface area contributed by atoms with Crippen LogP contribution in [0, 0.1) is 0 Å². The van der Waals surface area contributed by atoms with Crippen molar-refractivity contribution >= 4 is 17.9 Å². The Bertz CT molecular complexity index is 1090. The first kappa shape index (κ1) is 29.5. The summed E-state index contributed by atoms with van der Waals surface area (Å²) in [4.78, 5) is 32.8. The Morgan fingerprint density at radius 2 is 1.70 bits per heavy atom. The molecule has 0 amide bonds. The molecule has 1 heterocycles. The number of nitrogens with zero attached hydrogens (tertiary/aromatic N) is 2. The van der Waals surface area contributed by atoms with Gasteiger partial charge in [0.1, 0.15) is 12.4 Å². The topological polar surface area (TPSA) is 173 Å². The molecule has 0 atom stereocenters. The number of rotatable bonds is 12. The first-order chi connectivity index (χ1) is 17.4. The molecule has 2 aromatic rings. The summed E-state index contributed by atoms with van der Waals surface area (Å²) in [7, 11) is 2.14. The fourth-order valence-electron chi connectivity index (χ4n) is 3.97. The quantitative estimate of drug-likeness (QED) is 0.263. The first-order valence-electron chi connectivity index (χ1n) is 11.9. The summed E-state index contributed by atoms with van der Waals surface area (Å²) in [5, 5.41) is 41.6. The van der Waals surface area contributed by atoms with Crippen LogP contribution in [0.2, 0.25) is 0 Å². The number of benzene rings is 1. The van der Waals surface area contributed by atoms with Crippen LogP contribution >= 0.6 is 0 Å². The monoisotopic (exact) mass is 517 g/mol. The van der Waals surface area contributed by atoms with Gasteiger partial charge in [-0.25, -0.2) is 4.79 Å². The number of para-hydroxylation sites is 1. The maximum absolute atomic E-state index is 10.3. The Hall–Kier alpha value is -3.70. The average Bonchev–Trinajstić information content (AvgIpc) is 3.20. The minimum Gasteiger partial charge on any atom is -0.489 e. The van der Waals surface area contributed by atoms with E-state index >= 15 is 0 Å². The highest BCUT2D eigenvalue weighted by molar-refractivity contribution is 5.88. The number of carboxylic acids is 3. The van der Waals surface area contributed by atoms with Gasteiger partial charge in [-0.1, -0.05) is 24.8 Å². The molecule has 0 saturated heterocycles. The Kier molecular flexibility index (Phi) is 10.8. The van der Waals surface area contributed by atoms with E-state index < -0.39 is 36.4 Å². The number of hydrogen-bond donors (Lipinski definition) is 5. The molecule has 11 heteroatoms. The number of H-pyrrole nitrogens is 1. The lowest BCUT2D eigenvalue weighted by molar-refractivity contribution is -0.170. The lowest BCUT2D eigenvalue weighted by Gasteiger charge is -2.19. The van der Waals surface area contributed by atoms with E-state index in [1.165, 1.54) is 35.4 Å². The van der Waals surface area contributed by atoms with E-state index in [1.807, 2.05) is 19.1 Å². The SMILES string of the molecule is C=C(C)COc1ccccc1CN(C)Cc1n[nH]c2c1CCCC2.O=C(O)CC(O)(CC(=O)O)C(=O)O. The predicted octanol–water partition coefficient (Wildman–Crippen LogP) is 2.63. The van der Waals surface area contributed by atoms with Gasteiger partial charge in [-0.3, -0.25) is 19.6 Å². The number of aromatic nitrogens is 2. The van der Waals surface area contributed by atoms with Crippen molar-refractivity contribution in [2.75, 3.05) is 13.7 Å². The molecule has 0 radical (unpaired) electrons. The summed E-state index contributed by atoms with van der Waals surface area (Å²) in [5.74, 6) is -4.08. The first-order valence-corrected chi connectivity index (χ1v) is 11.9. The molecule has 0 bridgehead atoms. The Labute approximate surface area is 215 Å². The van der Waals surface area contributed by atoms with Gasteiger partial charge in [-0.2, -0.15) is 5.10 Å². The van der Waals surface area contributed by atoms with E-state index in [1.54, 1.807) is 0 Å². The van der Waals surface area contributed by atoms with Crippen molar-refractivity contribution in [3.8, 4) is 5.75 Å². The average molecular weight is 518 g/mol. The molecule has 0 saturated carbocycles. The third-order valence-corrected chi connectivity index (χ3v) is 5.73. The minimum absolute atomic E-state index is 0.563. The second-order valence-electron chi connectivity index (χ2n) is 9.34. The van der Waals surface area contributed by atoms with Crippen LogP contribution < -0.4 is 4.74 Å². The van der Waals surface area contributed by atoms with Crippen LogP contribution in [0.15, 0.2) is 36.4 Å². The molecule has 3 rings (SSSR count). The van der Waals surface area contributed by atoms with Crippen molar-refractivity contribution in [3.05, 3.63) is 58.9 Å². The molecule has 0 fully saturated rings. The molecular weight excluding hydrogens is 482 g/mol. The van der Waals surface area contributed by atoms with Crippen LogP contribution in [0.1, 0.15) is 55.1 Å². The van der Waals surface area contributed by atoms with Crippen molar-refractivity contribution in [1.29, 1.82) is 0 Å². The summed E-state index contributed by atoms with van der Waals surface area (Å²) < 4.78 is 5.88. The van der Waals surface area contributed by atoms with Crippen molar-refractivity contribution in [1.82, 2.24) is 15.1 Å². The number of carbonyl (C=O) groups is 3. The van der Waals surface area contributed by atoms with Gasteiger partial charge in [0.15, 0.2) is 5.60 Å². The van der Waals surface area contributed by atoms with Crippen LogP contribution in [0.5, 0.6) is 5.75 Å². The summed E-state index contributed by atoms with van der Waals surface area (Å²) in [5.41, 5.74) is 3.48. The van der Waals surface area contributed by atoms with Crippen LogP contribution in [0.4, 0.5) is 0 Å². The number of carboxylic acid groups (broad SMARTS) is 3. The maximum Gasteiger partial charge on any atom is 0.336 e. The third-order valence-electron chi connectivity index (χ3n) is 5.73. The van der Waals surface area contributed by atoms with Crippen molar-refractivity contribution in [2.45, 2.75) is 64.1 Å². The molecule has 202 valence electrons. The normalized spacial score (nSPS) is 12.8. The van der Waals surface area contributed by atoms with Crippen LogP contribution in [-0.4, -0.2) is 72.7 Å². The number of hydrogen-bond acceptors (Lipinski definition) is 7. The Balaban J connectivity index is 0.000000317. The highest BCUT2D eigenvalue weighted by Crippen LogP contribution is 2.25. The molecule has 5 N–H and O–H groups in total. The second kappa shape index (κ2) is 13.6. The van der Waals surface area contributed by atoms with E-state index in [4.69, 9.17) is 25.2 Å². The highest BCUT2D eigenvalue weighted by atomic mass is 16.5. The van der Waals surface area contributed by atoms with E-state index in [0.29, 0.717) is 6.61 Å². The summed E-state index contributed by atoms with van der Waals surface area (Å²) in [6.45, 7) is 8.15. The number of nitrogens with one attached hydrogen (secondary N) is 1. The van der Waals surface area contributed by atoms with Crippen LogP contribution in [0.3, 0.4) is 0 Å². The molecular formula is C26H35N3O8. The largest absolute Gasteiger partial charge is 0.489 e. The number of ether oxygens (including phenoxy) is 1. The summed E-state index contributed by atoms with van der Waals surface area (Å²) in [6.07, 6.45) is 2.57. The summed E-state index contributed by atoms with van der Waals surface area (Å²) >= 11 is 0. The third kappa shape index (κ3) is 9.36. The van der Waals surface area contributed by atoms with Gasteiger partial charge in [0.05, 0.1) is 18.5 Å². The number of aliphatic hydroxyl groups is 1. The molecule has 0 aliphatic heterocycles. The van der Waals surface area contributed by atoms with E-state index in [9.17, 15) is 14.4 Å². The smallest absolute Gasteiger partial charge is 0.336 e. The van der Waals surface area contributed by atoms with Gasteiger partial charge in [-0.15, -0.1) is 0 Å². The zero-order valence-electron chi connectivity index (χ0n) is 21.2. The summed E-state index contributed by atoms with van der Waals surface area (Å²) in [6, 6.07) is 8.24. The molecule has 1 aromatic carbocycles. The highest BCUT2D eigenvalue weighted by Gasteiger charge is 2.40. The number of fused-ring (bicyclic) bond motifs is 1. The molecule has 0 spiro atoms. The minimum atomic E-state index is -2.74. The molecule has 37 heavy (non-hydrogen) atoms. The van der Waals surface area contributed by atoms with Gasteiger partial charge in [-0.05, 0) is 56.9 Å². The van der Waals surface area contributed by atoms with Crippen LogP contribution in [0.25, 0.3) is 0 Å². The standard InChI is InChI=1S/C20H27N3O.C6H8O7/c1-15(2)14-24-20-11-7-4-8-16(20)12-23(3)13-19-17-9-5-6-10-18(17)21-22-19;7-3(8)1-6(13,5(11)12)2-4(9)10/h4,7-8,11H,1,5-6,9-10,12-14H2,2-3H3,(H,21,22);13H,1-2H2,(H,7,8)(H,9,10)(H,11,12). The molecule has 11 nitrogen and oxygen atoms in total. The van der Waals surface area contributed by atoms with Crippen molar-refractivity contribution in [3.63, 3.8) is 0 Å². The zero-order chi connectivity index (χ0) is 27.6. The van der Waals surface area contributed by atoms with Gasteiger partial charge in [0, 0.05) is 24.3 Å². The molecule has 1 aliphatic rings. The Morgan fingerprint density at radius 3 is 2.30 bits per heavy atom. The number of aryl methyl sites for hydroxylation is 1. The molecule has 0 unspecified atom stereocenters. The van der Waals surface area contributed by atoms with Crippen molar-refractivity contribution < 1.29 is 39.5 Å². The fourth-order valence-corrected chi connectivity index (χ4v) is 3.97. The van der Waals surface area contributed by atoms with E-state index in [-0.39, 0.29) is 0 Å². The number of aromatic amines is 1. The zero-order valence-corrected chi connectivity index (χ0v) is 21.2. The fraction of sp³-hybridized carbons (Fsp3) is 0.462. The molecule has 1 aliphatic carbocycles. The van der Waals surface area contributed by atoms with E-state index in [0.717, 1.165) is 37.3 Å². The van der Waals surface area contributed by atoms with Crippen LogP contribution in [-0.2, 0) is 40.3 Å². The van der Waals surface area contributed by atoms with E-state index in [2.05, 4.69) is 40.9 Å². The second-order valence-corrected chi connectivity index (χ2v) is 9.34. The predicted molar refractivity (Wildman–Crippen MR) is 134 cm³/mol. The lowest BCUT2D eigenvalue weighted by Crippen LogP contribution is -2.42. The van der Waals surface area contributed by atoms with Gasteiger partial charge in [0.2, 0.25) is 0 Å². The number of aliphatic carboxylic acids is 3. The van der Waals surface area contributed by atoms with Gasteiger partial charge < -0.3 is 25.2 Å². The maximum atomic E-state index is 10.3.